The van der Waals surface area contributed by atoms with Gasteiger partial charge in [0.25, 0.3) is 0 Å². The Kier molecular flexibility index (Phi) is 5.30. The lowest BCUT2D eigenvalue weighted by atomic mass is 10.1. The fourth-order valence-corrected chi connectivity index (χ4v) is 2.70. The molecule has 0 unspecified atom stereocenters. The number of pyridine rings is 1. The average Bonchev–Trinajstić information content (AvgIpc) is 2.93. The topological polar surface area (TPSA) is 82.5 Å². The van der Waals surface area contributed by atoms with Crippen LogP contribution in [-0.4, -0.2) is 24.7 Å². The van der Waals surface area contributed by atoms with Crippen molar-refractivity contribution in [1.82, 2.24) is 24.7 Å². The predicted molar refractivity (Wildman–Crippen MR) is 96.3 cm³/mol. The molecule has 0 fully saturated rings. The van der Waals surface area contributed by atoms with Crippen molar-refractivity contribution in [2.75, 3.05) is 5.73 Å². The van der Waals surface area contributed by atoms with E-state index in [9.17, 15) is 0 Å². The number of hydrogen-bond acceptors (Lipinski definition) is 5. The number of hydrogen-bond donors (Lipinski definition) is 1. The van der Waals surface area contributed by atoms with Gasteiger partial charge in [-0.05, 0) is 53.4 Å². The lowest BCUT2D eigenvalue weighted by Gasteiger charge is -2.10. The third-order valence-electron chi connectivity index (χ3n) is 3.77. The van der Waals surface area contributed by atoms with Gasteiger partial charge < -0.3 is 5.73 Å². The van der Waals surface area contributed by atoms with E-state index in [1.165, 1.54) is 16.7 Å². The Bertz CT molecular complexity index is 840. The molecule has 0 radical (unpaired) electrons. The first-order valence-electron chi connectivity index (χ1n) is 7.53. The van der Waals surface area contributed by atoms with Gasteiger partial charge in [0, 0.05) is 6.20 Å². The number of nitrogens with two attached hydrogens (primary N) is 1. The zero-order chi connectivity index (χ0) is 17.1. The van der Waals surface area contributed by atoms with Crippen LogP contribution in [0.15, 0.2) is 17.0 Å². The van der Waals surface area contributed by atoms with Crippen LogP contribution >= 0.6 is 15.9 Å². The van der Waals surface area contributed by atoms with Crippen LogP contribution < -0.4 is 5.73 Å². The van der Waals surface area contributed by atoms with Crippen molar-refractivity contribution in [2.24, 2.45) is 0 Å². The highest BCUT2D eigenvalue weighted by Gasteiger charge is 2.13. The molecule has 122 valence electrons. The molecule has 0 aliphatic heterocycles. The van der Waals surface area contributed by atoms with Crippen molar-refractivity contribution in [3.63, 3.8) is 0 Å². The molecule has 3 heterocycles. The lowest BCUT2D eigenvalue weighted by Crippen LogP contribution is -2.08. The number of halogens is 1. The number of nitrogens with zero attached hydrogens (tertiary/aromatic N) is 5. The molecule has 0 amide bonds. The molecule has 23 heavy (non-hydrogen) atoms. The summed E-state index contributed by atoms with van der Waals surface area (Å²) in [5.41, 5.74) is 11.0. The van der Waals surface area contributed by atoms with Gasteiger partial charge in [0.2, 0.25) is 5.95 Å². The van der Waals surface area contributed by atoms with Gasteiger partial charge in [-0.3, -0.25) is 4.98 Å². The summed E-state index contributed by atoms with van der Waals surface area (Å²) in [5, 5.41) is 5.21. The molecule has 0 atom stereocenters. The molecule has 7 heteroatoms. The van der Waals surface area contributed by atoms with Gasteiger partial charge in [-0.15, -0.1) is 0 Å². The average molecular weight is 377 g/mol. The first-order valence-corrected chi connectivity index (χ1v) is 8.33. The van der Waals surface area contributed by atoms with Crippen molar-refractivity contribution < 1.29 is 0 Å². The maximum Gasteiger partial charge on any atom is 0.223 e. The summed E-state index contributed by atoms with van der Waals surface area (Å²) in [6, 6.07) is 0. The normalized spacial score (nSPS) is 10.5. The lowest BCUT2D eigenvalue weighted by molar-refractivity contribution is 0.684. The zero-order valence-corrected chi connectivity index (χ0v) is 15.6. The Balaban J connectivity index is 0.000000924. The summed E-state index contributed by atoms with van der Waals surface area (Å²) in [6.45, 7) is 10.8. The van der Waals surface area contributed by atoms with Gasteiger partial charge in [0.15, 0.2) is 5.65 Å². The number of fused-ring (bicyclic) bond motifs is 1. The van der Waals surface area contributed by atoms with Gasteiger partial charge in [-0.25, -0.2) is 9.67 Å². The Morgan fingerprint density at radius 2 is 1.78 bits per heavy atom. The van der Waals surface area contributed by atoms with Crippen LogP contribution in [0.1, 0.15) is 36.2 Å². The first kappa shape index (κ1) is 17.3. The van der Waals surface area contributed by atoms with E-state index in [4.69, 9.17) is 5.73 Å². The van der Waals surface area contributed by atoms with Crippen molar-refractivity contribution in [3.05, 3.63) is 39.4 Å². The maximum atomic E-state index is 5.71. The minimum atomic E-state index is 0.223. The number of anilines is 1. The van der Waals surface area contributed by atoms with Crippen LogP contribution in [0.25, 0.3) is 11.0 Å². The molecule has 3 aromatic heterocycles. The summed E-state index contributed by atoms with van der Waals surface area (Å²) in [7, 11) is 0. The maximum absolute atomic E-state index is 5.71. The van der Waals surface area contributed by atoms with E-state index in [2.05, 4.69) is 56.8 Å². The predicted octanol–water partition coefficient (Wildman–Crippen LogP) is 3.57. The fourth-order valence-electron chi connectivity index (χ4n) is 2.23. The van der Waals surface area contributed by atoms with Crippen molar-refractivity contribution in [3.8, 4) is 0 Å². The highest BCUT2D eigenvalue weighted by Crippen LogP contribution is 2.22. The second kappa shape index (κ2) is 7.04. The van der Waals surface area contributed by atoms with E-state index in [1.54, 1.807) is 10.9 Å². The number of aromatic nitrogens is 5. The van der Waals surface area contributed by atoms with Gasteiger partial charge in [-0.1, -0.05) is 13.8 Å². The molecule has 0 saturated carbocycles. The molecule has 0 aromatic carbocycles. The van der Waals surface area contributed by atoms with Crippen LogP contribution in [0.5, 0.6) is 0 Å². The smallest absolute Gasteiger partial charge is 0.223 e. The Morgan fingerprint density at radius 3 is 2.48 bits per heavy atom. The molecule has 0 aliphatic rings. The molecule has 3 rings (SSSR count). The van der Waals surface area contributed by atoms with E-state index < -0.39 is 0 Å². The summed E-state index contributed by atoms with van der Waals surface area (Å²) in [4.78, 5) is 12.9. The van der Waals surface area contributed by atoms with Gasteiger partial charge in [0.1, 0.15) is 4.60 Å². The summed E-state index contributed by atoms with van der Waals surface area (Å²) >= 11 is 3.38. The number of aryl methyl sites for hydroxylation is 1. The van der Waals surface area contributed by atoms with Crippen LogP contribution in [0, 0.1) is 20.8 Å². The zero-order valence-electron chi connectivity index (χ0n) is 14.1. The molecular weight excluding hydrogens is 356 g/mol. The minimum Gasteiger partial charge on any atom is -0.368 e. The molecule has 0 saturated heterocycles. The molecular formula is C16H21BrN6. The molecule has 6 nitrogen and oxygen atoms in total. The summed E-state index contributed by atoms with van der Waals surface area (Å²) < 4.78 is 2.45. The fraction of sp³-hybridized carbons (Fsp3) is 0.375. The van der Waals surface area contributed by atoms with Crippen molar-refractivity contribution >= 4 is 32.9 Å². The van der Waals surface area contributed by atoms with Crippen LogP contribution in [0.2, 0.25) is 0 Å². The molecule has 0 bridgehead atoms. The largest absolute Gasteiger partial charge is 0.368 e. The molecule has 3 aromatic rings. The SMILES string of the molecule is CC.Cc1cnc(Cn2ncc3c(Br)nc(N)nc32)c(C)c1C. The second-order valence-corrected chi connectivity index (χ2v) is 5.80. The Labute approximate surface area is 144 Å². The molecule has 0 spiro atoms. The van der Waals surface area contributed by atoms with E-state index in [0.717, 1.165) is 11.1 Å². The summed E-state index contributed by atoms with van der Waals surface area (Å²) in [5.74, 6) is 0.223. The van der Waals surface area contributed by atoms with Crippen LogP contribution in [0.3, 0.4) is 0 Å². The van der Waals surface area contributed by atoms with E-state index in [-0.39, 0.29) is 5.95 Å². The first-order chi connectivity index (χ1) is 11.0. The van der Waals surface area contributed by atoms with E-state index in [0.29, 0.717) is 16.8 Å². The van der Waals surface area contributed by atoms with E-state index >= 15 is 0 Å². The van der Waals surface area contributed by atoms with E-state index in [1.807, 2.05) is 20.0 Å². The third kappa shape index (κ3) is 3.34. The summed E-state index contributed by atoms with van der Waals surface area (Å²) in [6.07, 6.45) is 3.62. The van der Waals surface area contributed by atoms with Crippen molar-refractivity contribution in [2.45, 2.75) is 41.2 Å². The highest BCUT2D eigenvalue weighted by molar-refractivity contribution is 9.10. The third-order valence-corrected chi connectivity index (χ3v) is 4.37. The molecule has 0 aliphatic carbocycles. The Hall–Kier alpha value is -2.02. The van der Waals surface area contributed by atoms with Crippen LogP contribution in [0.4, 0.5) is 5.95 Å². The molecule has 2 N–H and O–H groups in total. The quantitative estimate of drug-likeness (QED) is 0.691. The monoisotopic (exact) mass is 376 g/mol. The standard InChI is InChI=1S/C14H15BrN6.C2H6/c1-7-4-17-11(9(3)8(7)2)6-21-13-10(5-18-21)12(15)19-14(16)20-13;1-2/h4-5H,6H2,1-3H3,(H2,16,19,20);1-2H3. The van der Waals surface area contributed by atoms with Gasteiger partial charge >= 0.3 is 0 Å². The number of nitrogen functional groups attached to an aromatic ring is 1. The highest BCUT2D eigenvalue weighted by atomic mass is 79.9. The van der Waals surface area contributed by atoms with Gasteiger partial charge in [-0.2, -0.15) is 10.1 Å². The Morgan fingerprint density at radius 1 is 1.09 bits per heavy atom. The minimum absolute atomic E-state index is 0.223. The second-order valence-electron chi connectivity index (χ2n) is 5.05. The van der Waals surface area contributed by atoms with Crippen molar-refractivity contribution in [1.29, 1.82) is 0 Å². The number of rotatable bonds is 2. The van der Waals surface area contributed by atoms with Crippen LogP contribution in [-0.2, 0) is 6.54 Å². The van der Waals surface area contributed by atoms with Gasteiger partial charge in [0.05, 0.1) is 23.8 Å².